The average Bonchev–Trinajstić information content (AvgIpc) is 2.35. The number of hydrogen-bond donors (Lipinski definition) is 2. The van der Waals surface area contributed by atoms with Crippen molar-refractivity contribution in [2.75, 3.05) is 19.7 Å². The van der Waals surface area contributed by atoms with Crippen molar-refractivity contribution in [1.29, 1.82) is 0 Å². The van der Waals surface area contributed by atoms with Crippen LogP contribution in [0.5, 0.6) is 5.75 Å². The Hall–Kier alpha value is -0.970. The van der Waals surface area contributed by atoms with Gasteiger partial charge in [0.15, 0.2) is 6.61 Å². The summed E-state index contributed by atoms with van der Waals surface area (Å²) >= 11 is 12.0. The van der Waals surface area contributed by atoms with Gasteiger partial charge in [-0.1, -0.05) is 30.1 Å². The fraction of sp³-hybridized carbons (Fsp3) is 0.462. The van der Waals surface area contributed by atoms with Gasteiger partial charge in [0.25, 0.3) is 5.91 Å². The predicted octanol–water partition coefficient (Wildman–Crippen LogP) is 2.40. The normalized spacial score (nSPS) is 10.3. The zero-order valence-corrected chi connectivity index (χ0v) is 12.4. The molecule has 6 heteroatoms. The van der Waals surface area contributed by atoms with Gasteiger partial charge >= 0.3 is 0 Å². The molecular formula is C13H18Cl2N2O2. The first-order chi connectivity index (χ1) is 9.08. The second kappa shape index (κ2) is 8.25. The van der Waals surface area contributed by atoms with E-state index in [1.807, 2.05) is 6.92 Å². The second-order valence-corrected chi connectivity index (χ2v) is 4.90. The number of halogens is 2. The Morgan fingerprint density at radius 2 is 2.16 bits per heavy atom. The number of ether oxygens (including phenoxy) is 1. The summed E-state index contributed by atoms with van der Waals surface area (Å²) in [5.74, 6) is 0.301. The maximum Gasteiger partial charge on any atom is 0.257 e. The molecule has 1 amide bonds. The molecule has 0 atom stereocenters. The van der Waals surface area contributed by atoms with E-state index < -0.39 is 0 Å². The molecule has 4 nitrogen and oxygen atoms in total. The number of nitrogens with two attached hydrogens (primary N) is 1. The monoisotopic (exact) mass is 304 g/mol. The molecule has 106 valence electrons. The van der Waals surface area contributed by atoms with Crippen LogP contribution in [-0.4, -0.2) is 25.6 Å². The SMILES string of the molecule is CCCNC(=O)COc1c(Cl)cc(Cl)cc1CCN. The van der Waals surface area contributed by atoms with Crippen LogP contribution in [0.2, 0.25) is 10.0 Å². The van der Waals surface area contributed by atoms with Gasteiger partial charge in [0.05, 0.1) is 5.02 Å². The molecule has 0 unspecified atom stereocenters. The van der Waals surface area contributed by atoms with Crippen molar-refractivity contribution in [1.82, 2.24) is 5.32 Å². The number of benzene rings is 1. The maximum atomic E-state index is 11.5. The van der Waals surface area contributed by atoms with E-state index in [9.17, 15) is 4.79 Å². The molecule has 1 aromatic rings. The number of nitrogens with one attached hydrogen (secondary N) is 1. The van der Waals surface area contributed by atoms with E-state index in [-0.39, 0.29) is 12.5 Å². The van der Waals surface area contributed by atoms with Crippen LogP contribution < -0.4 is 15.8 Å². The molecule has 0 aliphatic carbocycles. The van der Waals surface area contributed by atoms with Crippen molar-refractivity contribution in [2.45, 2.75) is 19.8 Å². The highest BCUT2D eigenvalue weighted by Crippen LogP contribution is 2.32. The summed E-state index contributed by atoms with van der Waals surface area (Å²) in [5.41, 5.74) is 6.34. The van der Waals surface area contributed by atoms with E-state index in [1.54, 1.807) is 12.1 Å². The van der Waals surface area contributed by atoms with E-state index in [4.69, 9.17) is 33.7 Å². The van der Waals surface area contributed by atoms with Crippen molar-refractivity contribution >= 4 is 29.1 Å². The molecule has 0 radical (unpaired) electrons. The van der Waals surface area contributed by atoms with Crippen molar-refractivity contribution < 1.29 is 9.53 Å². The van der Waals surface area contributed by atoms with E-state index in [0.717, 1.165) is 12.0 Å². The minimum absolute atomic E-state index is 0.0705. The van der Waals surface area contributed by atoms with Gasteiger partial charge in [0.1, 0.15) is 5.75 Å². The van der Waals surface area contributed by atoms with Gasteiger partial charge in [0.2, 0.25) is 0 Å². The van der Waals surface area contributed by atoms with Crippen molar-refractivity contribution in [2.24, 2.45) is 5.73 Å². The minimum atomic E-state index is -0.174. The van der Waals surface area contributed by atoms with E-state index >= 15 is 0 Å². The van der Waals surface area contributed by atoms with Crippen LogP contribution in [0.15, 0.2) is 12.1 Å². The topological polar surface area (TPSA) is 64.3 Å². The lowest BCUT2D eigenvalue weighted by Crippen LogP contribution is -2.29. The average molecular weight is 305 g/mol. The highest BCUT2D eigenvalue weighted by molar-refractivity contribution is 6.35. The molecule has 0 fully saturated rings. The Morgan fingerprint density at radius 3 is 2.79 bits per heavy atom. The first-order valence-electron chi connectivity index (χ1n) is 6.16. The molecule has 0 aromatic heterocycles. The number of amides is 1. The third-order valence-electron chi connectivity index (χ3n) is 2.42. The molecule has 0 aliphatic heterocycles. The van der Waals surface area contributed by atoms with Gasteiger partial charge in [-0.05, 0) is 37.1 Å². The van der Waals surface area contributed by atoms with Gasteiger partial charge < -0.3 is 15.8 Å². The van der Waals surface area contributed by atoms with Crippen LogP contribution in [0, 0.1) is 0 Å². The van der Waals surface area contributed by atoms with Crippen LogP contribution in [0.3, 0.4) is 0 Å². The molecule has 0 saturated heterocycles. The van der Waals surface area contributed by atoms with Gasteiger partial charge in [0, 0.05) is 11.6 Å². The lowest BCUT2D eigenvalue weighted by Gasteiger charge is -2.13. The first-order valence-corrected chi connectivity index (χ1v) is 6.91. The first kappa shape index (κ1) is 16.1. The summed E-state index contributed by atoms with van der Waals surface area (Å²) in [6, 6.07) is 3.34. The predicted molar refractivity (Wildman–Crippen MR) is 78.0 cm³/mol. The Labute approximate surface area is 123 Å². The minimum Gasteiger partial charge on any atom is -0.482 e. The molecule has 19 heavy (non-hydrogen) atoms. The second-order valence-electron chi connectivity index (χ2n) is 4.05. The maximum absolute atomic E-state index is 11.5. The lowest BCUT2D eigenvalue weighted by molar-refractivity contribution is -0.123. The van der Waals surface area contributed by atoms with Crippen LogP contribution in [0.1, 0.15) is 18.9 Å². The Kier molecular flexibility index (Phi) is 6.99. The van der Waals surface area contributed by atoms with Gasteiger partial charge in [-0.15, -0.1) is 0 Å². The fourth-order valence-electron chi connectivity index (χ4n) is 1.57. The van der Waals surface area contributed by atoms with Crippen LogP contribution in [0.4, 0.5) is 0 Å². The highest BCUT2D eigenvalue weighted by Gasteiger charge is 2.12. The standard InChI is InChI=1S/C13H18Cl2N2O2/c1-2-5-17-12(18)8-19-13-9(3-4-16)6-10(14)7-11(13)15/h6-7H,2-5,8,16H2,1H3,(H,17,18). The summed E-state index contributed by atoms with van der Waals surface area (Å²) in [5, 5.41) is 3.64. The Bertz CT molecular complexity index is 439. The highest BCUT2D eigenvalue weighted by atomic mass is 35.5. The summed E-state index contributed by atoms with van der Waals surface area (Å²) in [6.07, 6.45) is 1.47. The summed E-state index contributed by atoms with van der Waals surface area (Å²) < 4.78 is 5.48. The van der Waals surface area contributed by atoms with Crippen LogP contribution in [-0.2, 0) is 11.2 Å². The molecule has 1 rings (SSSR count). The molecule has 0 aliphatic rings. The number of carbonyl (C=O) groups excluding carboxylic acids is 1. The van der Waals surface area contributed by atoms with E-state index in [2.05, 4.69) is 5.32 Å². The van der Waals surface area contributed by atoms with Crippen LogP contribution in [0.25, 0.3) is 0 Å². The largest absolute Gasteiger partial charge is 0.482 e. The molecule has 0 heterocycles. The lowest BCUT2D eigenvalue weighted by atomic mass is 10.1. The van der Waals surface area contributed by atoms with Crippen molar-refractivity contribution in [3.05, 3.63) is 27.7 Å². The van der Waals surface area contributed by atoms with E-state index in [1.165, 1.54) is 0 Å². The quantitative estimate of drug-likeness (QED) is 0.813. The van der Waals surface area contributed by atoms with Crippen molar-refractivity contribution in [3.63, 3.8) is 0 Å². The van der Waals surface area contributed by atoms with Gasteiger partial charge in [-0.2, -0.15) is 0 Å². The zero-order chi connectivity index (χ0) is 14.3. The molecule has 0 spiro atoms. The van der Waals surface area contributed by atoms with Crippen LogP contribution >= 0.6 is 23.2 Å². The summed E-state index contributed by atoms with van der Waals surface area (Å²) in [7, 11) is 0. The molecule has 3 N–H and O–H groups in total. The summed E-state index contributed by atoms with van der Waals surface area (Å²) in [6.45, 7) is 3.00. The van der Waals surface area contributed by atoms with Gasteiger partial charge in [-0.25, -0.2) is 0 Å². The Morgan fingerprint density at radius 1 is 1.42 bits per heavy atom. The molecule has 0 bridgehead atoms. The smallest absolute Gasteiger partial charge is 0.257 e. The number of rotatable bonds is 7. The third-order valence-corrected chi connectivity index (χ3v) is 2.92. The Balaban J connectivity index is 2.73. The fourth-order valence-corrected chi connectivity index (χ4v) is 2.16. The number of hydrogen-bond acceptors (Lipinski definition) is 3. The summed E-state index contributed by atoms with van der Waals surface area (Å²) in [4.78, 5) is 11.5. The van der Waals surface area contributed by atoms with E-state index in [0.29, 0.717) is 35.3 Å². The molecule has 0 saturated carbocycles. The molecular weight excluding hydrogens is 287 g/mol. The third kappa shape index (κ3) is 5.27. The zero-order valence-electron chi connectivity index (χ0n) is 10.8. The number of carbonyl (C=O) groups is 1. The van der Waals surface area contributed by atoms with Crippen molar-refractivity contribution in [3.8, 4) is 5.75 Å². The van der Waals surface area contributed by atoms with Gasteiger partial charge in [-0.3, -0.25) is 4.79 Å². The molecule has 1 aromatic carbocycles.